The summed E-state index contributed by atoms with van der Waals surface area (Å²) in [6.07, 6.45) is 0. The number of nitrogens with zero attached hydrogens (tertiary/aromatic N) is 2. The lowest BCUT2D eigenvalue weighted by molar-refractivity contribution is -0.123. The minimum Gasteiger partial charge on any atom is -0.360 e. The zero-order valence-electron chi connectivity index (χ0n) is 11.1. The zero-order valence-corrected chi connectivity index (χ0v) is 11.9. The van der Waals surface area contributed by atoms with Crippen molar-refractivity contribution < 1.29 is 18.0 Å². The highest BCUT2D eigenvalue weighted by molar-refractivity contribution is 8.07. The number of carbonyl (C=O) groups is 1. The lowest BCUT2D eigenvalue weighted by atomic mass is 9.91. The lowest BCUT2D eigenvalue weighted by Crippen LogP contribution is -2.35. The van der Waals surface area contributed by atoms with Crippen LogP contribution in [0.3, 0.4) is 0 Å². The molecule has 5 nitrogen and oxygen atoms in total. The maximum atomic E-state index is 12.1. The highest BCUT2D eigenvalue weighted by Gasteiger charge is 2.41. The van der Waals surface area contributed by atoms with Gasteiger partial charge in [-0.15, -0.1) is 4.79 Å². The molecule has 0 aliphatic rings. The second-order valence-electron chi connectivity index (χ2n) is 5.23. The molecule has 1 aromatic carbocycles. The van der Waals surface area contributed by atoms with Crippen LogP contribution in [-0.2, 0) is 20.4 Å². The Morgan fingerprint density at radius 1 is 1.21 bits per heavy atom. The lowest BCUT2D eigenvalue weighted by Gasteiger charge is -2.12. The number of hydrogen-bond donors (Lipinski definition) is 0. The second-order valence-corrected chi connectivity index (χ2v) is 7.13. The number of ketones is 1. The van der Waals surface area contributed by atoms with Gasteiger partial charge in [-0.3, -0.25) is 4.79 Å². The quantitative estimate of drug-likeness (QED) is 0.366. The van der Waals surface area contributed by atoms with Gasteiger partial charge < -0.3 is 5.53 Å². The monoisotopic (exact) mass is 280 g/mol. The Kier molecular flexibility index (Phi) is 4.39. The normalized spacial score (nSPS) is 11.7. The maximum absolute atomic E-state index is 12.1. The van der Waals surface area contributed by atoms with Crippen LogP contribution in [0.15, 0.2) is 30.3 Å². The van der Waals surface area contributed by atoms with Gasteiger partial charge in [0.1, 0.15) is 0 Å². The van der Waals surface area contributed by atoms with Crippen LogP contribution in [0.5, 0.6) is 0 Å². The molecule has 0 N–H and O–H groups in total. The van der Waals surface area contributed by atoms with E-state index in [1.807, 2.05) is 0 Å². The molecule has 1 aromatic rings. The van der Waals surface area contributed by atoms with E-state index in [4.69, 9.17) is 5.53 Å². The molecule has 0 aliphatic carbocycles. The van der Waals surface area contributed by atoms with Crippen LogP contribution in [0.4, 0.5) is 0 Å². The Balaban J connectivity index is 3.13. The average molecular weight is 280 g/mol. The van der Waals surface area contributed by atoms with E-state index in [1.165, 1.54) is 0 Å². The topological polar surface area (TPSA) is 87.6 Å². The highest BCUT2D eigenvalue weighted by Crippen LogP contribution is 2.18. The summed E-state index contributed by atoms with van der Waals surface area (Å²) in [6, 6.07) is 8.43. The van der Waals surface area contributed by atoms with Crippen molar-refractivity contribution in [3.8, 4) is 0 Å². The Labute approximate surface area is 112 Å². The molecule has 0 amide bonds. The van der Waals surface area contributed by atoms with Crippen molar-refractivity contribution in [3.05, 3.63) is 41.4 Å². The first kappa shape index (κ1) is 15.3. The van der Waals surface area contributed by atoms with Crippen molar-refractivity contribution >= 4 is 20.7 Å². The molecule has 0 aliphatic heterocycles. The van der Waals surface area contributed by atoms with E-state index in [2.05, 4.69) is 4.79 Å². The second kappa shape index (κ2) is 5.47. The van der Waals surface area contributed by atoms with Crippen LogP contribution in [0.25, 0.3) is 5.53 Å². The fraction of sp³-hybridized carbons (Fsp3) is 0.385. The molecule has 102 valence electrons. The van der Waals surface area contributed by atoms with E-state index in [9.17, 15) is 13.2 Å². The first-order chi connectivity index (χ1) is 8.68. The van der Waals surface area contributed by atoms with Gasteiger partial charge in [-0.05, 0) is 5.56 Å². The first-order valence-corrected chi connectivity index (χ1v) is 7.37. The molecule has 0 spiro atoms. The Bertz CT molecular complexity index is 622. The number of sulfone groups is 1. The van der Waals surface area contributed by atoms with Crippen molar-refractivity contribution in [3.63, 3.8) is 0 Å². The van der Waals surface area contributed by atoms with E-state index >= 15 is 0 Å². The number of rotatable bonds is 3. The van der Waals surface area contributed by atoms with Crippen molar-refractivity contribution in [1.29, 1.82) is 0 Å². The minimum atomic E-state index is -3.96. The molecule has 0 radical (unpaired) electrons. The minimum absolute atomic E-state index is 0.366. The predicted octanol–water partition coefficient (Wildman–Crippen LogP) is 1.84. The Hall–Kier alpha value is -1.78. The smallest absolute Gasteiger partial charge is 0.360 e. The number of carbonyl (C=O) groups excluding carboxylic acids is 1. The van der Waals surface area contributed by atoms with Crippen LogP contribution < -0.4 is 0 Å². The summed E-state index contributed by atoms with van der Waals surface area (Å²) in [5.74, 6) is -1.07. The van der Waals surface area contributed by atoms with Gasteiger partial charge in [0.15, 0.2) is 0 Å². The molecule has 0 saturated heterocycles. The van der Waals surface area contributed by atoms with Crippen molar-refractivity contribution in [2.75, 3.05) is 0 Å². The van der Waals surface area contributed by atoms with Crippen LogP contribution in [0.2, 0.25) is 0 Å². The summed E-state index contributed by atoms with van der Waals surface area (Å²) in [5, 5.41) is -0.788. The summed E-state index contributed by atoms with van der Waals surface area (Å²) in [6.45, 7) is 4.70. The Morgan fingerprint density at radius 3 is 2.16 bits per heavy atom. The van der Waals surface area contributed by atoms with E-state index in [-0.39, 0.29) is 5.75 Å². The molecule has 0 unspecified atom stereocenters. The standard InChI is InChI=1S/C13H16N2O3S/c1-13(2,3)11(16)12(15-14)19(17,18)9-10-7-5-4-6-8-10/h4-8H,9H2,1-3H3. The third-order valence-electron chi connectivity index (χ3n) is 2.46. The third kappa shape index (κ3) is 3.84. The number of hydrogen-bond acceptors (Lipinski definition) is 3. The van der Waals surface area contributed by atoms with Gasteiger partial charge in [-0.1, -0.05) is 51.1 Å². The van der Waals surface area contributed by atoms with Gasteiger partial charge in [0.2, 0.25) is 0 Å². The van der Waals surface area contributed by atoms with Crippen LogP contribution >= 0.6 is 0 Å². The highest BCUT2D eigenvalue weighted by atomic mass is 32.2. The van der Waals surface area contributed by atoms with Crippen molar-refractivity contribution in [2.45, 2.75) is 26.5 Å². The average Bonchev–Trinajstić information content (AvgIpc) is 2.28. The molecule has 0 atom stereocenters. The summed E-state index contributed by atoms with van der Waals surface area (Å²) in [7, 11) is -3.96. The van der Waals surface area contributed by atoms with E-state index in [1.54, 1.807) is 51.1 Å². The van der Waals surface area contributed by atoms with Crippen LogP contribution in [0.1, 0.15) is 26.3 Å². The van der Waals surface area contributed by atoms with Gasteiger partial charge in [-0.25, -0.2) is 8.42 Å². The van der Waals surface area contributed by atoms with Gasteiger partial charge >= 0.3 is 5.04 Å². The van der Waals surface area contributed by atoms with E-state index in [0.29, 0.717) is 5.56 Å². The fourth-order valence-electron chi connectivity index (χ4n) is 1.43. The largest absolute Gasteiger partial charge is 0.448 e. The third-order valence-corrected chi connectivity index (χ3v) is 4.03. The van der Waals surface area contributed by atoms with Crippen molar-refractivity contribution in [1.82, 2.24) is 0 Å². The van der Waals surface area contributed by atoms with Crippen molar-refractivity contribution in [2.24, 2.45) is 5.41 Å². The molecular weight excluding hydrogens is 264 g/mol. The molecule has 0 heterocycles. The summed E-state index contributed by atoms with van der Waals surface area (Å²) in [5.41, 5.74) is 8.47. The van der Waals surface area contributed by atoms with Crippen LogP contribution in [-0.4, -0.2) is 24.0 Å². The van der Waals surface area contributed by atoms with E-state index < -0.39 is 26.1 Å². The SMILES string of the molecule is CC(C)(C)C(=O)C(=[N+]=[N-])S(=O)(=O)Cc1ccccc1. The summed E-state index contributed by atoms with van der Waals surface area (Å²) >= 11 is 0. The molecule has 0 bridgehead atoms. The zero-order chi connectivity index (χ0) is 14.7. The van der Waals surface area contributed by atoms with Crippen LogP contribution in [0, 0.1) is 5.41 Å². The van der Waals surface area contributed by atoms with Gasteiger partial charge in [-0.2, -0.15) is 0 Å². The molecule has 0 aromatic heterocycles. The number of Topliss-reactive ketones (excluding diaryl/α,β-unsaturated/α-hetero) is 1. The Morgan fingerprint density at radius 2 is 1.74 bits per heavy atom. The molecular formula is C13H16N2O3S. The fourth-order valence-corrected chi connectivity index (χ4v) is 2.91. The predicted molar refractivity (Wildman–Crippen MR) is 72.2 cm³/mol. The van der Waals surface area contributed by atoms with Gasteiger partial charge in [0.05, 0.1) is 5.75 Å². The van der Waals surface area contributed by atoms with E-state index in [0.717, 1.165) is 0 Å². The summed E-state index contributed by atoms with van der Waals surface area (Å²) < 4.78 is 24.2. The molecule has 0 fully saturated rings. The van der Waals surface area contributed by atoms with Gasteiger partial charge in [0, 0.05) is 5.41 Å². The molecule has 19 heavy (non-hydrogen) atoms. The summed E-state index contributed by atoms with van der Waals surface area (Å²) in [4.78, 5) is 14.7. The first-order valence-electron chi connectivity index (χ1n) is 5.72. The molecule has 1 rings (SSSR count). The molecule has 0 saturated carbocycles. The maximum Gasteiger partial charge on any atom is 0.448 e. The number of benzene rings is 1. The molecule has 6 heteroatoms. The van der Waals surface area contributed by atoms with Gasteiger partial charge in [0.25, 0.3) is 15.6 Å².